The number of nitrogens with zero attached hydrogens (tertiary/aromatic N) is 3. The maximum atomic E-state index is 6.28. The van der Waals surface area contributed by atoms with E-state index in [2.05, 4.69) is 123 Å². The number of rotatable bonds is 6. The van der Waals surface area contributed by atoms with Crippen molar-refractivity contribution < 1.29 is 8.98 Å². The lowest BCUT2D eigenvalue weighted by atomic mass is 9.77. The van der Waals surface area contributed by atoms with Gasteiger partial charge in [0.05, 0.1) is 20.2 Å². The standard InChI is InChI=1S/C42H48N3OSi/c1-8-9-10-17-37-35-25-40-36(34-16-13-20-43-42(34)46-40)23-29(35)18-19-33-31-14-11-12-15-32(31)39-24-30(21-27(2)3)41(47(5,6)7)26-45(39)38(33)22-28(4)44-37/h10-17,20,23-27,33,38H,4,8-9,18-19,21-22H2,1-3,5-7H3/q+1/b17-10-,44-37?. The van der Waals surface area contributed by atoms with E-state index in [0.717, 1.165) is 71.9 Å². The highest BCUT2D eigenvalue weighted by Gasteiger charge is 2.42. The minimum absolute atomic E-state index is 0.240. The Morgan fingerprint density at radius 1 is 1.04 bits per heavy atom. The Balaban J connectivity index is 1.43. The van der Waals surface area contributed by atoms with E-state index in [1.165, 1.54) is 27.9 Å². The summed E-state index contributed by atoms with van der Waals surface area (Å²) in [5.74, 6) is 0.945. The quantitative estimate of drug-likeness (QED) is 0.137. The second-order valence-corrected chi connectivity index (χ2v) is 20.1. The van der Waals surface area contributed by atoms with Crippen LogP contribution in [0, 0.1) is 5.92 Å². The first-order valence-electron chi connectivity index (χ1n) is 17.5. The minimum Gasteiger partial charge on any atom is -0.438 e. The number of aromatic nitrogens is 2. The van der Waals surface area contributed by atoms with E-state index in [1.807, 2.05) is 6.07 Å². The van der Waals surface area contributed by atoms with E-state index >= 15 is 0 Å². The first-order valence-corrected chi connectivity index (χ1v) is 21.0. The van der Waals surface area contributed by atoms with Gasteiger partial charge in [-0.3, -0.25) is 4.99 Å². The van der Waals surface area contributed by atoms with Gasteiger partial charge in [-0.1, -0.05) is 77.7 Å². The van der Waals surface area contributed by atoms with Gasteiger partial charge in [0.2, 0.25) is 11.4 Å². The molecule has 0 amide bonds. The largest absolute Gasteiger partial charge is 0.438 e. The molecule has 2 aliphatic heterocycles. The molecule has 0 N–H and O–H groups in total. The lowest BCUT2D eigenvalue weighted by molar-refractivity contribution is -0.717. The van der Waals surface area contributed by atoms with Gasteiger partial charge in [0.25, 0.3) is 0 Å². The number of hydrogen-bond acceptors (Lipinski definition) is 3. The van der Waals surface area contributed by atoms with E-state index in [1.54, 1.807) is 11.4 Å². The van der Waals surface area contributed by atoms with Crippen molar-refractivity contribution in [1.29, 1.82) is 0 Å². The van der Waals surface area contributed by atoms with Gasteiger partial charge in [0.1, 0.15) is 5.58 Å². The number of aliphatic imine (C=N–C) groups is 1. The maximum Gasteiger partial charge on any atom is 0.227 e. The van der Waals surface area contributed by atoms with Crippen LogP contribution in [0.3, 0.4) is 0 Å². The van der Waals surface area contributed by atoms with Gasteiger partial charge in [-0.05, 0) is 84.7 Å². The summed E-state index contributed by atoms with van der Waals surface area (Å²) in [6.07, 6.45) is 14.8. The molecule has 5 heterocycles. The number of fused-ring (bicyclic) bond motifs is 10. The first kappa shape index (κ1) is 31.5. The second kappa shape index (κ2) is 12.5. The Labute approximate surface area is 281 Å². The van der Waals surface area contributed by atoms with Crippen molar-refractivity contribution in [3.05, 3.63) is 114 Å². The van der Waals surface area contributed by atoms with Crippen molar-refractivity contribution in [2.75, 3.05) is 0 Å². The van der Waals surface area contributed by atoms with Crippen LogP contribution in [0.5, 0.6) is 0 Å². The van der Waals surface area contributed by atoms with E-state index in [0.29, 0.717) is 17.5 Å². The smallest absolute Gasteiger partial charge is 0.227 e. The van der Waals surface area contributed by atoms with Gasteiger partial charge in [0.15, 0.2) is 12.2 Å². The highest BCUT2D eigenvalue weighted by Crippen LogP contribution is 2.44. The Hall–Kier alpha value is -4.09. The Kier molecular flexibility index (Phi) is 8.38. The fourth-order valence-electron chi connectivity index (χ4n) is 7.89. The monoisotopic (exact) mass is 638 g/mol. The van der Waals surface area contributed by atoms with Crippen LogP contribution in [-0.2, 0) is 12.8 Å². The van der Waals surface area contributed by atoms with Gasteiger partial charge >= 0.3 is 0 Å². The molecule has 0 saturated carbocycles. The van der Waals surface area contributed by atoms with E-state index < -0.39 is 8.07 Å². The van der Waals surface area contributed by atoms with Crippen LogP contribution >= 0.6 is 0 Å². The molecule has 4 nitrogen and oxygen atoms in total. The zero-order valence-corrected chi connectivity index (χ0v) is 29.9. The summed E-state index contributed by atoms with van der Waals surface area (Å²) in [4.78, 5) is 9.86. The van der Waals surface area contributed by atoms with Crippen molar-refractivity contribution in [2.24, 2.45) is 10.9 Å². The van der Waals surface area contributed by atoms with E-state index in [9.17, 15) is 0 Å². The van der Waals surface area contributed by atoms with Gasteiger partial charge in [0, 0.05) is 51.0 Å². The molecule has 0 fully saturated rings. The molecule has 5 heteroatoms. The van der Waals surface area contributed by atoms with Crippen LogP contribution in [0.15, 0.2) is 101 Å². The number of benzene rings is 2. The molecule has 7 rings (SSSR count). The van der Waals surface area contributed by atoms with Crippen molar-refractivity contribution in [1.82, 2.24) is 4.98 Å². The van der Waals surface area contributed by atoms with Gasteiger partial charge < -0.3 is 4.42 Å². The normalized spacial score (nSPS) is 18.3. The molecule has 240 valence electrons. The second-order valence-electron chi connectivity index (χ2n) is 15.1. The number of unbranched alkanes of at least 4 members (excludes halogenated alkanes) is 1. The molecule has 3 aromatic heterocycles. The summed E-state index contributed by atoms with van der Waals surface area (Å²) < 4.78 is 8.92. The summed E-state index contributed by atoms with van der Waals surface area (Å²) in [6, 6.07) is 20.6. The maximum absolute atomic E-state index is 6.28. The Morgan fingerprint density at radius 3 is 2.66 bits per heavy atom. The van der Waals surface area contributed by atoms with Crippen LogP contribution in [0.4, 0.5) is 0 Å². The third-order valence-corrected chi connectivity index (χ3v) is 12.1. The average molecular weight is 639 g/mol. The van der Waals surface area contributed by atoms with Crippen molar-refractivity contribution in [3.63, 3.8) is 0 Å². The molecule has 0 spiro atoms. The van der Waals surface area contributed by atoms with E-state index in [4.69, 9.17) is 9.41 Å². The number of aryl methyl sites for hydroxylation is 1. The third kappa shape index (κ3) is 5.95. The van der Waals surface area contributed by atoms with Gasteiger partial charge in [-0.25, -0.2) is 4.98 Å². The van der Waals surface area contributed by atoms with E-state index in [-0.39, 0.29) is 6.04 Å². The molecule has 2 unspecified atom stereocenters. The number of furan rings is 1. The summed E-state index contributed by atoms with van der Waals surface area (Å²) in [7, 11) is -1.62. The van der Waals surface area contributed by atoms with Crippen LogP contribution in [0.2, 0.25) is 19.6 Å². The minimum atomic E-state index is -1.62. The summed E-state index contributed by atoms with van der Waals surface area (Å²) >= 11 is 0. The predicted molar refractivity (Wildman–Crippen MR) is 200 cm³/mol. The van der Waals surface area contributed by atoms with Crippen LogP contribution in [0.25, 0.3) is 33.3 Å². The predicted octanol–water partition coefficient (Wildman–Crippen LogP) is 10.0. The Morgan fingerprint density at radius 2 is 1.87 bits per heavy atom. The molecule has 0 aliphatic carbocycles. The van der Waals surface area contributed by atoms with Crippen molar-refractivity contribution in [3.8, 4) is 11.3 Å². The highest BCUT2D eigenvalue weighted by molar-refractivity contribution is 6.89. The molecule has 0 radical (unpaired) electrons. The van der Waals surface area contributed by atoms with Crippen molar-refractivity contribution in [2.45, 2.75) is 90.9 Å². The molecule has 5 aromatic rings. The topological polar surface area (TPSA) is 42.3 Å². The summed E-state index contributed by atoms with van der Waals surface area (Å²) in [6.45, 7) is 19.0. The molecule has 2 aromatic carbocycles. The molecule has 0 bridgehead atoms. The lowest BCUT2D eigenvalue weighted by Crippen LogP contribution is -2.54. The number of allylic oxidation sites excluding steroid dienone is 3. The van der Waals surface area contributed by atoms with Crippen LogP contribution < -0.4 is 9.75 Å². The van der Waals surface area contributed by atoms with Crippen LogP contribution in [-0.4, -0.2) is 18.8 Å². The average Bonchev–Trinajstić information content (AvgIpc) is 3.40. The summed E-state index contributed by atoms with van der Waals surface area (Å²) in [5.41, 5.74) is 11.6. The molecule has 2 aliphatic rings. The van der Waals surface area contributed by atoms with Gasteiger partial charge in [-0.15, -0.1) is 0 Å². The summed E-state index contributed by atoms with van der Waals surface area (Å²) in [5, 5.41) is 3.77. The number of pyridine rings is 2. The Bertz CT molecular complexity index is 2060. The molecule has 2 atom stereocenters. The highest BCUT2D eigenvalue weighted by atomic mass is 28.3. The zero-order chi connectivity index (χ0) is 32.9. The van der Waals surface area contributed by atoms with Crippen molar-refractivity contribution >= 4 is 41.0 Å². The van der Waals surface area contributed by atoms with Gasteiger partial charge in [-0.2, -0.15) is 4.57 Å². The molecular weight excluding hydrogens is 591 g/mol. The SMILES string of the molecule is C=C1CC2C(CCc3cc4c(cc3C(/C=C\CCC)=N1)oc1ncccc14)c1ccccc1-c1cc(CC(C)C)c([Si](C)(C)C)c[n+]12. The fourth-order valence-corrected chi connectivity index (χ4v) is 9.55. The fraction of sp³-hybridized carbons (Fsp3) is 0.357. The molecule has 47 heavy (non-hydrogen) atoms. The molecule has 0 saturated heterocycles. The third-order valence-electron chi connectivity index (χ3n) is 10.0. The molecular formula is C42H48N3OSi+. The van der Waals surface area contributed by atoms with Crippen LogP contribution in [0.1, 0.15) is 80.7 Å². The zero-order valence-electron chi connectivity index (χ0n) is 28.9. The first-order chi connectivity index (χ1) is 22.6. The lowest BCUT2D eigenvalue weighted by Gasteiger charge is -2.33. The number of hydrogen-bond donors (Lipinski definition) is 0.